The highest BCUT2D eigenvalue weighted by molar-refractivity contribution is 9.09. The summed E-state index contributed by atoms with van der Waals surface area (Å²) in [5.41, 5.74) is 0. The van der Waals surface area contributed by atoms with Crippen molar-refractivity contribution in [3.63, 3.8) is 0 Å². The lowest BCUT2D eigenvalue weighted by Gasteiger charge is -1.99. The summed E-state index contributed by atoms with van der Waals surface area (Å²) in [5, 5.41) is 4.43. The third-order valence-electron chi connectivity index (χ3n) is 1.66. The first kappa shape index (κ1) is 11.7. The van der Waals surface area contributed by atoms with Crippen LogP contribution in [0.3, 0.4) is 0 Å². The van der Waals surface area contributed by atoms with Crippen LogP contribution >= 0.6 is 27.3 Å². The minimum atomic E-state index is 0.0558. The molecule has 1 amide bonds. The predicted octanol–water partition coefficient (Wildman–Crippen LogP) is 2.96. The molecule has 1 heterocycles. The lowest BCUT2D eigenvalue weighted by atomic mass is 10.2. The van der Waals surface area contributed by atoms with Crippen molar-refractivity contribution in [1.82, 2.24) is 4.98 Å². The minimum absolute atomic E-state index is 0.0558. The molecular formula is C9H13BrN2OS. The van der Waals surface area contributed by atoms with Gasteiger partial charge in [-0.3, -0.25) is 4.79 Å². The largest absolute Gasteiger partial charge is 0.302 e. The number of nitrogens with zero attached hydrogens (tertiary/aromatic N) is 1. The zero-order chi connectivity index (χ0) is 10.4. The van der Waals surface area contributed by atoms with E-state index in [2.05, 4.69) is 26.2 Å². The van der Waals surface area contributed by atoms with Crippen LogP contribution in [0.2, 0.25) is 0 Å². The van der Waals surface area contributed by atoms with Crippen LogP contribution in [0.1, 0.15) is 24.1 Å². The summed E-state index contributed by atoms with van der Waals surface area (Å²) in [6, 6.07) is 0. The lowest BCUT2D eigenvalue weighted by molar-refractivity contribution is -0.116. The molecule has 14 heavy (non-hydrogen) atoms. The maximum atomic E-state index is 11.3. The molecule has 0 atom stereocenters. The van der Waals surface area contributed by atoms with Gasteiger partial charge in [0, 0.05) is 22.8 Å². The van der Waals surface area contributed by atoms with Crippen molar-refractivity contribution in [3.8, 4) is 0 Å². The second-order valence-electron chi connectivity index (χ2n) is 2.97. The third kappa shape index (κ3) is 4.19. The summed E-state index contributed by atoms with van der Waals surface area (Å²) in [6.07, 6.45) is 4.29. The molecule has 1 N–H and O–H groups in total. The fourth-order valence-corrected chi connectivity index (χ4v) is 2.05. The Balaban J connectivity index is 2.27. The monoisotopic (exact) mass is 276 g/mol. The standard InChI is InChI=1S/C9H13BrN2OS/c1-7-6-11-9(14-7)12-8(13)4-2-3-5-10/h6H,2-5H2,1H3,(H,11,12,13). The summed E-state index contributed by atoms with van der Waals surface area (Å²) in [5.74, 6) is 0.0558. The van der Waals surface area contributed by atoms with Crippen molar-refractivity contribution in [3.05, 3.63) is 11.1 Å². The fourth-order valence-electron chi connectivity index (χ4n) is 0.974. The van der Waals surface area contributed by atoms with Crippen molar-refractivity contribution < 1.29 is 4.79 Å². The number of hydrogen-bond donors (Lipinski definition) is 1. The van der Waals surface area contributed by atoms with Crippen LogP contribution in [0.5, 0.6) is 0 Å². The number of unbranched alkanes of at least 4 members (excludes halogenated alkanes) is 1. The average molecular weight is 277 g/mol. The van der Waals surface area contributed by atoms with Gasteiger partial charge in [-0.25, -0.2) is 4.98 Å². The number of nitrogens with one attached hydrogen (secondary N) is 1. The Bertz CT molecular complexity index is 301. The van der Waals surface area contributed by atoms with Gasteiger partial charge in [0.2, 0.25) is 5.91 Å². The molecule has 0 fully saturated rings. The Kier molecular flexibility index (Phi) is 5.11. The van der Waals surface area contributed by atoms with Gasteiger partial charge >= 0.3 is 0 Å². The van der Waals surface area contributed by atoms with E-state index in [1.807, 2.05) is 6.92 Å². The zero-order valence-electron chi connectivity index (χ0n) is 8.05. The van der Waals surface area contributed by atoms with Gasteiger partial charge in [0.25, 0.3) is 0 Å². The van der Waals surface area contributed by atoms with Gasteiger partial charge in [-0.05, 0) is 19.8 Å². The van der Waals surface area contributed by atoms with Gasteiger partial charge < -0.3 is 5.32 Å². The van der Waals surface area contributed by atoms with Gasteiger partial charge in [-0.1, -0.05) is 15.9 Å². The van der Waals surface area contributed by atoms with Crippen LogP contribution in [0.15, 0.2) is 6.20 Å². The quantitative estimate of drug-likeness (QED) is 0.664. The molecule has 0 aliphatic heterocycles. The highest BCUT2D eigenvalue weighted by atomic mass is 79.9. The first-order valence-corrected chi connectivity index (χ1v) is 6.44. The van der Waals surface area contributed by atoms with Crippen LogP contribution in [0, 0.1) is 6.92 Å². The van der Waals surface area contributed by atoms with E-state index in [0.717, 1.165) is 23.0 Å². The van der Waals surface area contributed by atoms with Crippen LogP contribution in [0.4, 0.5) is 5.13 Å². The number of thiazole rings is 1. The van der Waals surface area contributed by atoms with E-state index in [0.29, 0.717) is 11.6 Å². The van der Waals surface area contributed by atoms with Crippen molar-refractivity contribution in [2.24, 2.45) is 0 Å². The van der Waals surface area contributed by atoms with Crippen molar-refractivity contribution in [2.75, 3.05) is 10.6 Å². The van der Waals surface area contributed by atoms with Gasteiger partial charge in [-0.2, -0.15) is 0 Å². The molecule has 1 aromatic heterocycles. The second-order valence-corrected chi connectivity index (χ2v) is 5.00. The molecule has 5 heteroatoms. The number of rotatable bonds is 5. The molecule has 0 aromatic carbocycles. The molecule has 0 radical (unpaired) electrons. The summed E-state index contributed by atoms with van der Waals surface area (Å²) in [7, 11) is 0. The minimum Gasteiger partial charge on any atom is -0.302 e. The number of alkyl halides is 1. The predicted molar refractivity (Wildman–Crippen MR) is 63.1 cm³/mol. The molecule has 0 saturated carbocycles. The van der Waals surface area contributed by atoms with E-state index < -0.39 is 0 Å². The van der Waals surface area contributed by atoms with Crippen LogP contribution in [-0.2, 0) is 4.79 Å². The zero-order valence-corrected chi connectivity index (χ0v) is 10.4. The number of carbonyl (C=O) groups excluding carboxylic acids is 1. The molecule has 78 valence electrons. The molecule has 1 aromatic rings. The fraction of sp³-hybridized carbons (Fsp3) is 0.556. The van der Waals surface area contributed by atoms with Crippen molar-refractivity contribution in [2.45, 2.75) is 26.2 Å². The topological polar surface area (TPSA) is 42.0 Å². The maximum Gasteiger partial charge on any atom is 0.226 e. The number of aromatic nitrogens is 1. The van der Waals surface area contributed by atoms with Gasteiger partial charge in [-0.15, -0.1) is 11.3 Å². The summed E-state index contributed by atoms with van der Waals surface area (Å²) in [6.45, 7) is 1.97. The number of carbonyl (C=O) groups is 1. The molecule has 3 nitrogen and oxygen atoms in total. The van der Waals surface area contributed by atoms with Crippen LogP contribution < -0.4 is 5.32 Å². The maximum absolute atomic E-state index is 11.3. The Morgan fingerprint density at radius 2 is 2.43 bits per heavy atom. The molecular weight excluding hydrogens is 264 g/mol. The first-order valence-electron chi connectivity index (χ1n) is 4.50. The van der Waals surface area contributed by atoms with E-state index >= 15 is 0 Å². The second kappa shape index (κ2) is 6.14. The number of amides is 1. The average Bonchev–Trinajstić information content (AvgIpc) is 2.52. The lowest BCUT2D eigenvalue weighted by Crippen LogP contribution is -2.10. The summed E-state index contributed by atoms with van der Waals surface area (Å²) < 4.78 is 0. The number of aryl methyl sites for hydroxylation is 1. The van der Waals surface area contributed by atoms with Gasteiger partial charge in [0.05, 0.1) is 0 Å². The Labute approximate surface area is 96.1 Å². The van der Waals surface area contributed by atoms with E-state index in [1.54, 1.807) is 6.20 Å². The molecule has 0 saturated heterocycles. The molecule has 0 aliphatic rings. The van der Waals surface area contributed by atoms with E-state index in [-0.39, 0.29) is 5.91 Å². The molecule has 0 unspecified atom stereocenters. The van der Waals surface area contributed by atoms with Crippen molar-refractivity contribution in [1.29, 1.82) is 0 Å². The number of halogens is 1. The molecule has 0 bridgehead atoms. The third-order valence-corrected chi connectivity index (χ3v) is 3.04. The van der Waals surface area contributed by atoms with E-state index in [1.165, 1.54) is 11.3 Å². The Morgan fingerprint density at radius 3 is 3.00 bits per heavy atom. The van der Waals surface area contributed by atoms with Crippen LogP contribution in [0.25, 0.3) is 0 Å². The van der Waals surface area contributed by atoms with Crippen LogP contribution in [-0.4, -0.2) is 16.2 Å². The smallest absolute Gasteiger partial charge is 0.226 e. The number of anilines is 1. The van der Waals surface area contributed by atoms with Gasteiger partial charge in [0.1, 0.15) is 0 Å². The SMILES string of the molecule is Cc1cnc(NC(=O)CCCCBr)s1. The first-order chi connectivity index (χ1) is 6.72. The highest BCUT2D eigenvalue weighted by Crippen LogP contribution is 2.16. The Morgan fingerprint density at radius 1 is 1.64 bits per heavy atom. The summed E-state index contributed by atoms with van der Waals surface area (Å²) in [4.78, 5) is 16.5. The van der Waals surface area contributed by atoms with E-state index in [9.17, 15) is 4.79 Å². The van der Waals surface area contributed by atoms with E-state index in [4.69, 9.17) is 0 Å². The highest BCUT2D eigenvalue weighted by Gasteiger charge is 2.04. The van der Waals surface area contributed by atoms with Gasteiger partial charge in [0.15, 0.2) is 5.13 Å². The normalized spacial score (nSPS) is 10.1. The molecule has 0 aliphatic carbocycles. The number of hydrogen-bond acceptors (Lipinski definition) is 3. The summed E-state index contributed by atoms with van der Waals surface area (Å²) >= 11 is 4.83. The molecule has 0 spiro atoms. The molecule has 1 rings (SSSR count). The van der Waals surface area contributed by atoms with Crippen molar-refractivity contribution >= 4 is 38.3 Å². The Hall–Kier alpha value is -0.420.